The molecular weight excluding hydrogens is 460 g/mol. The van der Waals surface area contributed by atoms with Crippen molar-refractivity contribution in [1.29, 1.82) is 0 Å². The Kier molecular flexibility index (Phi) is 9.08. The van der Waals surface area contributed by atoms with Crippen molar-refractivity contribution in [3.63, 3.8) is 0 Å². The number of nitrogens with one attached hydrogen (secondary N) is 1. The van der Waals surface area contributed by atoms with E-state index in [0.717, 1.165) is 52.8 Å². The van der Waals surface area contributed by atoms with Crippen LogP contribution in [0.25, 0.3) is 16.3 Å². The maximum atomic E-state index is 12.4. The first-order chi connectivity index (χ1) is 18.2. The van der Waals surface area contributed by atoms with Gasteiger partial charge in [-0.2, -0.15) is 0 Å². The molecule has 0 radical (unpaired) electrons. The molecule has 0 bridgehead atoms. The predicted octanol–water partition coefficient (Wildman–Crippen LogP) is 6.38. The number of rotatable bonds is 11. The second kappa shape index (κ2) is 13.1. The van der Waals surface area contributed by atoms with E-state index >= 15 is 0 Å². The average Bonchev–Trinajstić information content (AvgIpc) is 2.95. The molecule has 0 fully saturated rings. The van der Waals surface area contributed by atoms with Crippen LogP contribution in [0.3, 0.4) is 0 Å². The minimum Gasteiger partial charge on any atom is -0.497 e. The van der Waals surface area contributed by atoms with Gasteiger partial charge >= 0.3 is 0 Å². The van der Waals surface area contributed by atoms with Crippen molar-refractivity contribution in [2.45, 2.75) is 19.3 Å². The van der Waals surface area contributed by atoms with Gasteiger partial charge in [-0.3, -0.25) is 9.78 Å². The molecule has 5 heteroatoms. The molecular formula is C32H32N2O3. The molecule has 0 spiro atoms. The third kappa shape index (κ3) is 7.07. The van der Waals surface area contributed by atoms with Gasteiger partial charge in [-0.15, -0.1) is 0 Å². The molecule has 1 heterocycles. The number of benzene rings is 3. The lowest BCUT2D eigenvalue weighted by Crippen LogP contribution is -2.22. The molecule has 0 aliphatic carbocycles. The fraction of sp³-hybridized carbons (Fsp3) is 0.188. The van der Waals surface area contributed by atoms with Crippen molar-refractivity contribution in [3.8, 4) is 11.5 Å². The maximum Gasteiger partial charge on any atom is 0.243 e. The number of amides is 1. The third-order valence-corrected chi connectivity index (χ3v) is 6.24. The van der Waals surface area contributed by atoms with E-state index in [9.17, 15) is 4.79 Å². The SMILES string of the molecule is COc1ccc(C(=CC=CC(=O)NCCCCc2cncc3ccccc23)c2ccc(OC)cc2)cc1. The van der Waals surface area contributed by atoms with Crippen molar-refractivity contribution in [2.75, 3.05) is 20.8 Å². The number of aromatic nitrogens is 1. The Morgan fingerprint density at radius 3 is 2.14 bits per heavy atom. The molecule has 188 valence electrons. The van der Waals surface area contributed by atoms with Gasteiger partial charge in [0.25, 0.3) is 0 Å². The second-order valence-electron chi connectivity index (χ2n) is 8.66. The highest BCUT2D eigenvalue weighted by atomic mass is 16.5. The zero-order valence-corrected chi connectivity index (χ0v) is 21.3. The zero-order valence-electron chi connectivity index (χ0n) is 21.3. The van der Waals surface area contributed by atoms with Crippen LogP contribution in [0.4, 0.5) is 0 Å². The highest BCUT2D eigenvalue weighted by Gasteiger charge is 2.06. The highest BCUT2D eigenvalue weighted by Crippen LogP contribution is 2.27. The van der Waals surface area contributed by atoms with Gasteiger partial charge in [-0.25, -0.2) is 0 Å². The van der Waals surface area contributed by atoms with E-state index in [1.807, 2.05) is 73.1 Å². The minimum atomic E-state index is -0.105. The number of nitrogens with zero attached hydrogens (tertiary/aromatic N) is 1. The molecule has 4 rings (SSSR count). The summed E-state index contributed by atoms with van der Waals surface area (Å²) in [6.07, 6.45) is 12.0. The van der Waals surface area contributed by atoms with E-state index in [0.29, 0.717) is 6.54 Å². The van der Waals surface area contributed by atoms with Crippen LogP contribution in [0, 0.1) is 0 Å². The number of pyridine rings is 1. The molecule has 0 saturated heterocycles. The molecule has 1 aromatic heterocycles. The van der Waals surface area contributed by atoms with Crippen LogP contribution in [0.2, 0.25) is 0 Å². The van der Waals surface area contributed by atoms with Crippen molar-refractivity contribution >= 4 is 22.3 Å². The number of carbonyl (C=O) groups is 1. The fourth-order valence-corrected chi connectivity index (χ4v) is 4.22. The second-order valence-corrected chi connectivity index (χ2v) is 8.66. The quantitative estimate of drug-likeness (QED) is 0.150. The Balaban J connectivity index is 1.34. The Hall–Kier alpha value is -4.38. The minimum absolute atomic E-state index is 0.105. The molecule has 0 aliphatic heterocycles. The molecule has 0 aliphatic rings. The summed E-state index contributed by atoms with van der Waals surface area (Å²) in [6.45, 7) is 0.634. The van der Waals surface area contributed by atoms with Crippen molar-refractivity contribution in [2.24, 2.45) is 0 Å². The summed E-state index contributed by atoms with van der Waals surface area (Å²) in [5.74, 6) is 1.49. The summed E-state index contributed by atoms with van der Waals surface area (Å²) in [6, 6.07) is 24.1. The summed E-state index contributed by atoms with van der Waals surface area (Å²) in [7, 11) is 3.30. The number of hydrogen-bond acceptors (Lipinski definition) is 4. The monoisotopic (exact) mass is 492 g/mol. The molecule has 4 aromatic rings. The van der Waals surface area contributed by atoms with Crippen molar-refractivity contribution < 1.29 is 14.3 Å². The molecule has 1 N–H and O–H groups in total. The van der Waals surface area contributed by atoms with E-state index in [1.54, 1.807) is 26.4 Å². The van der Waals surface area contributed by atoms with Crippen LogP contribution in [0.5, 0.6) is 11.5 Å². The number of carbonyl (C=O) groups excluding carboxylic acids is 1. The van der Waals surface area contributed by atoms with Gasteiger partial charge in [0.05, 0.1) is 14.2 Å². The zero-order chi connectivity index (χ0) is 25.9. The van der Waals surface area contributed by atoms with E-state index in [-0.39, 0.29) is 5.91 Å². The third-order valence-electron chi connectivity index (χ3n) is 6.24. The van der Waals surface area contributed by atoms with E-state index in [1.165, 1.54) is 10.9 Å². The number of aryl methyl sites for hydroxylation is 1. The van der Waals surface area contributed by atoms with Crippen LogP contribution in [0.15, 0.2) is 103 Å². The summed E-state index contributed by atoms with van der Waals surface area (Å²) in [5.41, 5.74) is 4.30. The fourth-order valence-electron chi connectivity index (χ4n) is 4.22. The Morgan fingerprint density at radius 1 is 0.838 bits per heavy atom. The van der Waals surface area contributed by atoms with Gasteiger partial charge in [0.15, 0.2) is 0 Å². The Labute approximate surface area is 218 Å². The summed E-state index contributed by atoms with van der Waals surface area (Å²) < 4.78 is 10.6. The van der Waals surface area contributed by atoms with E-state index in [2.05, 4.69) is 28.5 Å². The number of fused-ring (bicyclic) bond motifs is 1. The summed E-state index contributed by atoms with van der Waals surface area (Å²) >= 11 is 0. The summed E-state index contributed by atoms with van der Waals surface area (Å²) in [4.78, 5) is 16.8. The number of allylic oxidation sites excluding steroid dienone is 2. The molecule has 0 saturated carbocycles. The van der Waals surface area contributed by atoms with Gasteiger partial charge in [-0.05, 0) is 71.2 Å². The van der Waals surface area contributed by atoms with E-state index in [4.69, 9.17) is 9.47 Å². The molecule has 5 nitrogen and oxygen atoms in total. The lowest BCUT2D eigenvalue weighted by Gasteiger charge is -2.10. The standard InChI is InChI=1S/C32H32N2O3/c1-36-28-17-13-24(14-18-28)30(25-15-19-29(37-2)20-16-25)11-7-12-32(35)34-21-6-5-9-27-23-33-22-26-8-3-4-10-31(26)27/h3-4,7-8,10-20,22-23H,5-6,9,21H2,1-2H3,(H,34,35). The largest absolute Gasteiger partial charge is 0.497 e. The first-order valence-electron chi connectivity index (χ1n) is 12.4. The molecule has 1 amide bonds. The normalized spacial score (nSPS) is 10.9. The van der Waals surface area contributed by atoms with Crippen LogP contribution in [-0.2, 0) is 11.2 Å². The van der Waals surface area contributed by atoms with Gasteiger partial charge in [0.1, 0.15) is 11.5 Å². The Bertz CT molecular complexity index is 1320. The summed E-state index contributed by atoms with van der Waals surface area (Å²) in [5, 5.41) is 5.40. The van der Waals surface area contributed by atoms with Crippen LogP contribution in [0.1, 0.15) is 29.5 Å². The maximum absolute atomic E-state index is 12.4. The van der Waals surface area contributed by atoms with Crippen LogP contribution in [-0.4, -0.2) is 31.7 Å². The molecule has 3 aromatic carbocycles. The molecule has 0 unspecified atom stereocenters. The van der Waals surface area contributed by atoms with Crippen molar-refractivity contribution in [1.82, 2.24) is 10.3 Å². The predicted molar refractivity (Wildman–Crippen MR) is 150 cm³/mol. The number of hydrogen-bond donors (Lipinski definition) is 1. The first-order valence-corrected chi connectivity index (χ1v) is 12.4. The van der Waals surface area contributed by atoms with Gasteiger partial charge in [0, 0.05) is 30.4 Å². The number of ether oxygens (including phenoxy) is 2. The first kappa shape index (κ1) is 25.7. The van der Waals surface area contributed by atoms with E-state index < -0.39 is 0 Å². The topological polar surface area (TPSA) is 60.5 Å². The van der Waals surface area contributed by atoms with Crippen LogP contribution >= 0.6 is 0 Å². The molecule has 37 heavy (non-hydrogen) atoms. The average molecular weight is 493 g/mol. The van der Waals surface area contributed by atoms with Gasteiger partial charge in [0.2, 0.25) is 5.91 Å². The highest BCUT2D eigenvalue weighted by molar-refractivity contribution is 5.89. The Morgan fingerprint density at radius 2 is 1.49 bits per heavy atom. The lowest BCUT2D eigenvalue weighted by atomic mass is 9.97. The number of unbranched alkanes of at least 4 members (excludes halogenated alkanes) is 1. The smallest absolute Gasteiger partial charge is 0.243 e. The van der Waals surface area contributed by atoms with Crippen LogP contribution < -0.4 is 14.8 Å². The van der Waals surface area contributed by atoms with Gasteiger partial charge < -0.3 is 14.8 Å². The number of methoxy groups -OCH3 is 2. The van der Waals surface area contributed by atoms with Crippen molar-refractivity contribution in [3.05, 3.63) is 120 Å². The molecule has 0 atom stereocenters. The lowest BCUT2D eigenvalue weighted by molar-refractivity contribution is -0.116. The van der Waals surface area contributed by atoms with Gasteiger partial charge in [-0.1, -0.05) is 60.7 Å².